The predicted molar refractivity (Wildman–Crippen MR) is 152 cm³/mol. The number of aromatic nitrogens is 5. The lowest BCUT2D eigenvalue weighted by Gasteiger charge is -2.21. The summed E-state index contributed by atoms with van der Waals surface area (Å²) in [6.45, 7) is 8.96. The van der Waals surface area contributed by atoms with Gasteiger partial charge in [-0.25, -0.2) is 19.9 Å². The standard InChI is InChI=1S/C24H30N8S.C2H6.ClH/c1-17-3-2-11-31(12-6-17)22-23-28-15-21(32(23)13-10-26-22)20-5-9-27-24(30-20)29-19(4-8-25)18-7-14-33-16-18;1-2;/h5,7,9-10,13-17,19H,2-4,6,8,11-12,25H2,1H3,(H,27,29,30);1-2H3;1H. The number of thiophene rings is 1. The molecule has 36 heavy (non-hydrogen) atoms. The van der Waals surface area contributed by atoms with Crippen molar-refractivity contribution in [2.45, 2.75) is 52.5 Å². The molecule has 0 spiro atoms. The molecule has 5 heterocycles. The Hall–Kier alpha value is -2.75. The van der Waals surface area contributed by atoms with E-state index in [1.807, 2.05) is 38.5 Å². The van der Waals surface area contributed by atoms with Crippen molar-refractivity contribution < 1.29 is 0 Å². The van der Waals surface area contributed by atoms with Gasteiger partial charge in [0.15, 0.2) is 11.5 Å². The van der Waals surface area contributed by atoms with Crippen molar-refractivity contribution >= 4 is 41.2 Å². The van der Waals surface area contributed by atoms with Crippen LogP contribution in [-0.4, -0.2) is 44.0 Å². The Balaban J connectivity index is 0.00000117. The zero-order chi connectivity index (χ0) is 24.6. The number of nitrogens with one attached hydrogen (secondary N) is 1. The molecule has 10 heteroatoms. The molecule has 0 amide bonds. The summed E-state index contributed by atoms with van der Waals surface area (Å²) >= 11 is 1.68. The van der Waals surface area contributed by atoms with E-state index in [1.165, 1.54) is 24.8 Å². The average Bonchev–Trinajstić information content (AvgIpc) is 3.53. The normalized spacial score (nSPS) is 16.4. The summed E-state index contributed by atoms with van der Waals surface area (Å²) in [5, 5.41) is 7.68. The van der Waals surface area contributed by atoms with Crippen LogP contribution in [0.15, 0.2) is 47.7 Å². The fourth-order valence-electron chi connectivity index (χ4n) is 4.48. The first-order valence-electron chi connectivity index (χ1n) is 12.6. The van der Waals surface area contributed by atoms with Crippen LogP contribution in [0.2, 0.25) is 0 Å². The van der Waals surface area contributed by atoms with Crippen molar-refractivity contribution in [1.82, 2.24) is 24.3 Å². The molecule has 1 fully saturated rings. The van der Waals surface area contributed by atoms with E-state index < -0.39 is 0 Å². The van der Waals surface area contributed by atoms with Crippen LogP contribution in [0.5, 0.6) is 0 Å². The topological polar surface area (TPSA) is 97.3 Å². The molecule has 2 atom stereocenters. The number of imidazole rings is 1. The third-order valence-electron chi connectivity index (χ3n) is 6.35. The lowest BCUT2D eigenvalue weighted by Crippen LogP contribution is -2.25. The minimum atomic E-state index is 0. The Labute approximate surface area is 223 Å². The van der Waals surface area contributed by atoms with Crippen LogP contribution in [0.3, 0.4) is 0 Å². The fraction of sp³-hybridized carbons (Fsp3) is 0.462. The fourth-order valence-corrected chi connectivity index (χ4v) is 5.20. The van der Waals surface area contributed by atoms with Gasteiger partial charge >= 0.3 is 0 Å². The molecular formula is C26H37ClN8S. The SMILES string of the molecule is CC.CC1CCCN(c2nccn3c(-c4ccnc(NC(CCN)c5ccsc5)n4)cnc23)CC1.Cl. The van der Waals surface area contributed by atoms with Crippen molar-refractivity contribution in [3.05, 3.63) is 53.2 Å². The summed E-state index contributed by atoms with van der Waals surface area (Å²) in [5.74, 6) is 2.29. The molecule has 8 nitrogen and oxygen atoms in total. The maximum atomic E-state index is 5.85. The second-order valence-electron chi connectivity index (χ2n) is 8.71. The second-order valence-corrected chi connectivity index (χ2v) is 9.49. The molecule has 0 bridgehead atoms. The second kappa shape index (κ2) is 13.5. The zero-order valence-electron chi connectivity index (χ0n) is 21.3. The van der Waals surface area contributed by atoms with E-state index in [0.29, 0.717) is 12.5 Å². The van der Waals surface area contributed by atoms with E-state index in [1.54, 1.807) is 17.5 Å². The monoisotopic (exact) mass is 528 g/mol. The van der Waals surface area contributed by atoms with Crippen LogP contribution in [0.25, 0.3) is 17.0 Å². The molecule has 1 aliphatic heterocycles. The highest BCUT2D eigenvalue weighted by Gasteiger charge is 2.20. The van der Waals surface area contributed by atoms with Gasteiger partial charge in [-0.05, 0) is 66.6 Å². The smallest absolute Gasteiger partial charge is 0.223 e. The Morgan fingerprint density at radius 1 is 1.14 bits per heavy atom. The van der Waals surface area contributed by atoms with Gasteiger partial charge in [0.25, 0.3) is 0 Å². The van der Waals surface area contributed by atoms with Crippen LogP contribution >= 0.6 is 23.7 Å². The lowest BCUT2D eigenvalue weighted by atomic mass is 10.0. The summed E-state index contributed by atoms with van der Waals surface area (Å²) in [6.07, 6.45) is 11.9. The van der Waals surface area contributed by atoms with E-state index in [-0.39, 0.29) is 18.4 Å². The van der Waals surface area contributed by atoms with Crippen LogP contribution < -0.4 is 16.0 Å². The quantitative estimate of drug-likeness (QED) is 0.311. The van der Waals surface area contributed by atoms with Gasteiger partial charge in [-0.2, -0.15) is 11.3 Å². The Kier molecular flexibility index (Phi) is 10.5. The highest BCUT2D eigenvalue weighted by atomic mass is 35.5. The summed E-state index contributed by atoms with van der Waals surface area (Å²) in [7, 11) is 0. The van der Waals surface area contributed by atoms with Gasteiger partial charge in [0.1, 0.15) is 0 Å². The summed E-state index contributed by atoms with van der Waals surface area (Å²) in [4.78, 5) is 21.1. The molecule has 0 saturated carbocycles. The van der Waals surface area contributed by atoms with Crippen molar-refractivity contribution in [3.8, 4) is 11.4 Å². The number of nitrogens with two attached hydrogens (primary N) is 1. The Morgan fingerprint density at radius 3 is 2.78 bits per heavy atom. The number of nitrogens with zero attached hydrogens (tertiary/aromatic N) is 6. The molecule has 1 aliphatic rings. The number of fused-ring (bicyclic) bond motifs is 1. The van der Waals surface area contributed by atoms with Crippen LogP contribution in [-0.2, 0) is 0 Å². The summed E-state index contributed by atoms with van der Waals surface area (Å²) in [6, 6.07) is 4.12. The third kappa shape index (κ3) is 6.32. The lowest BCUT2D eigenvalue weighted by molar-refractivity contribution is 0.521. The number of hydrogen-bond donors (Lipinski definition) is 2. The molecule has 0 radical (unpaired) electrons. The molecular weight excluding hydrogens is 492 g/mol. The molecule has 0 aromatic carbocycles. The number of halogens is 1. The largest absolute Gasteiger partial charge is 0.354 e. The first-order valence-corrected chi connectivity index (χ1v) is 13.6. The molecule has 2 unspecified atom stereocenters. The summed E-state index contributed by atoms with van der Waals surface area (Å²) in [5.41, 5.74) is 9.67. The first-order chi connectivity index (χ1) is 17.2. The molecule has 0 aliphatic carbocycles. The van der Waals surface area contributed by atoms with Gasteiger partial charge in [-0.15, -0.1) is 12.4 Å². The molecule has 5 rings (SSSR count). The van der Waals surface area contributed by atoms with Crippen molar-refractivity contribution in [1.29, 1.82) is 0 Å². The minimum Gasteiger partial charge on any atom is -0.354 e. The highest BCUT2D eigenvalue weighted by Crippen LogP contribution is 2.28. The van der Waals surface area contributed by atoms with E-state index in [9.17, 15) is 0 Å². The average molecular weight is 529 g/mol. The first kappa shape index (κ1) is 27.8. The van der Waals surface area contributed by atoms with Crippen molar-refractivity contribution in [3.63, 3.8) is 0 Å². The van der Waals surface area contributed by atoms with Crippen molar-refractivity contribution in [2.75, 3.05) is 29.9 Å². The molecule has 4 aromatic rings. The van der Waals surface area contributed by atoms with E-state index >= 15 is 0 Å². The molecule has 1 saturated heterocycles. The van der Waals surface area contributed by atoms with Gasteiger partial charge in [0, 0.05) is 31.7 Å². The van der Waals surface area contributed by atoms with Crippen LogP contribution in [0, 0.1) is 5.92 Å². The van der Waals surface area contributed by atoms with Crippen molar-refractivity contribution in [2.24, 2.45) is 11.7 Å². The predicted octanol–water partition coefficient (Wildman–Crippen LogP) is 5.82. The minimum absolute atomic E-state index is 0. The maximum Gasteiger partial charge on any atom is 0.223 e. The van der Waals surface area contributed by atoms with Gasteiger partial charge < -0.3 is 16.0 Å². The van der Waals surface area contributed by atoms with E-state index in [2.05, 4.69) is 43.4 Å². The van der Waals surface area contributed by atoms with Gasteiger partial charge in [-0.3, -0.25) is 4.40 Å². The summed E-state index contributed by atoms with van der Waals surface area (Å²) < 4.78 is 2.08. The molecule has 194 valence electrons. The van der Waals surface area contributed by atoms with E-state index in [0.717, 1.165) is 48.3 Å². The van der Waals surface area contributed by atoms with Crippen LogP contribution in [0.4, 0.5) is 11.8 Å². The zero-order valence-corrected chi connectivity index (χ0v) is 22.9. The van der Waals surface area contributed by atoms with E-state index in [4.69, 9.17) is 20.7 Å². The molecule has 4 aromatic heterocycles. The Morgan fingerprint density at radius 2 is 2.00 bits per heavy atom. The molecule has 3 N–H and O–H groups in total. The number of hydrogen-bond acceptors (Lipinski definition) is 8. The third-order valence-corrected chi connectivity index (χ3v) is 7.05. The van der Waals surface area contributed by atoms with Gasteiger partial charge in [0.05, 0.1) is 23.6 Å². The number of rotatable bonds is 7. The van der Waals surface area contributed by atoms with Crippen LogP contribution in [0.1, 0.15) is 58.1 Å². The van der Waals surface area contributed by atoms with Gasteiger partial charge in [-0.1, -0.05) is 20.8 Å². The number of anilines is 2. The Bertz CT molecular complexity index is 1200. The maximum absolute atomic E-state index is 5.85. The highest BCUT2D eigenvalue weighted by molar-refractivity contribution is 7.08. The van der Waals surface area contributed by atoms with Gasteiger partial charge in [0.2, 0.25) is 5.95 Å².